The molecular weight excluding hydrogens is 490 g/mol. The fraction of sp³-hybridized carbons (Fsp3) is 0.304. The Labute approximate surface area is 199 Å². The predicted molar refractivity (Wildman–Crippen MR) is 131 cm³/mol. The van der Waals surface area contributed by atoms with Crippen molar-refractivity contribution in [3.8, 4) is 0 Å². The molecule has 1 aromatic carbocycles. The largest absolute Gasteiger partial charge is 0.383 e. The lowest BCUT2D eigenvalue weighted by Gasteiger charge is -2.44. The van der Waals surface area contributed by atoms with Gasteiger partial charge >= 0.3 is 0 Å². The van der Waals surface area contributed by atoms with Crippen LogP contribution in [-0.4, -0.2) is 50.2 Å². The zero-order valence-electron chi connectivity index (χ0n) is 17.9. The number of hydrogen-bond acceptors (Lipinski definition) is 6. The van der Waals surface area contributed by atoms with Crippen LogP contribution in [0, 0.1) is 0 Å². The van der Waals surface area contributed by atoms with Gasteiger partial charge in [0.05, 0.1) is 5.52 Å². The summed E-state index contributed by atoms with van der Waals surface area (Å²) in [7, 11) is 0. The average molecular weight is 514 g/mol. The SMILES string of the molecule is CC[C@H]1C(=O)N(Cc2ccc3c(N)ncnc3c2)C(C)CN1C(=O)C=Cc1cc(Br)cs1. The number of rotatable bonds is 5. The van der Waals surface area contributed by atoms with Crippen LogP contribution in [0.2, 0.25) is 0 Å². The number of thiophene rings is 1. The highest BCUT2D eigenvalue weighted by Crippen LogP contribution is 2.25. The van der Waals surface area contributed by atoms with Crippen molar-refractivity contribution < 1.29 is 9.59 Å². The van der Waals surface area contributed by atoms with Crippen LogP contribution in [0.15, 0.2) is 46.5 Å². The number of halogens is 1. The third-order valence-electron chi connectivity index (χ3n) is 5.67. The number of carbonyl (C=O) groups is 2. The van der Waals surface area contributed by atoms with Crippen molar-refractivity contribution in [2.45, 2.75) is 38.9 Å². The van der Waals surface area contributed by atoms with Crippen LogP contribution in [-0.2, 0) is 16.1 Å². The number of amides is 2. The van der Waals surface area contributed by atoms with E-state index < -0.39 is 6.04 Å². The molecule has 0 aliphatic carbocycles. The van der Waals surface area contributed by atoms with E-state index in [0.29, 0.717) is 25.3 Å². The van der Waals surface area contributed by atoms with Gasteiger partial charge in [-0.25, -0.2) is 9.97 Å². The molecule has 32 heavy (non-hydrogen) atoms. The highest BCUT2D eigenvalue weighted by Gasteiger charge is 2.39. The molecule has 7 nitrogen and oxygen atoms in total. The molecule has 1 saturated heterocycles. The second kappa shape index (κ2) is 9.38. The van der Waals surface area contributed by atoms with Gasteiger partial charge in [-0.2, -0.15) is 0 Å². The summed E-state index contributed by atoms with van der Waals surface area (Å²) >= 11 is 4.97. The molecular formula is C23H24BrN5O2S. The van der Waals surface area contributed by atoms with Gasteiger partial charge in [-0.1, -0.05) is 13.0 Å². The van der Waals surface area contributed by atoms with Crippen LogP contribution in [0.5, 0.6) is 0 Å². The van der Waals surface area contributed by atoms with Gasteiger partial charge in [0.1, 0.15) is 18.2 Å². The first kappa shape index (κ1) is 22.4. The zero-order chi connectivity index (χ0) is 22.8. The standard InChI is InChI=1S/C23H24BrN5O2S/c1-3-20-23(31)28(11-15-4-6-18-19(8-15)26-13-27-22(18)25)14(2)10-29(20)21(30)7-5-17-9-16(24)12-32-17/h4-9,12-14,20H,3,10-11H2,1-2H3,(H2,25,26,27)/t14?,20-/m0/s1. The maximum Gasteiger partial charge on any atom is 0.247 e. The molecule has 1 fully saturated rings. The number of aromatic nitrogens is 2. The minimum absolute atomic E-state index is 0.0332. The van der Waals surface area contributed by atoms with E-state index in [4.69, 9.17) is 5.73 Å². The lowest BCUT2D eigenvalue weighted by molar-refractivity contribution is -0.153. The topological polar surface area (TPSA) is 92.4 Å². The Bertz CT molecular complexity index is 1190. The highest BCUT2D eigenvalue weighted by molar-refractivity contribution is 9.10. The van der Waals surface area contributed by atoms with Crippen LogP contribution in [0.25, 0.3) is 17.0 Å². The number of anilines is 1. The number of carbonyl (C=O) groups excluding carboxylic acids is 2. The molecule has 2 atom stereocenters. The molecule has 3 aromatic rings. The van der Waals surface area contributed by atoms with Crippen molar-refractivity contribution in [2.24, 2.45) is 0 Å². The Morgan fingerprint density at radius 3 is 2.88 bits per heavy atom. The van der Waals surface area contributed by atoms with Crippen LogP contribution in [0.4, 0.5) is 5.82 Å². The molecule has 2 aromatic heterocycles. The quantitative estimate of drug-likeness (QED) is 0.518. The predicted octanol–water partition coefficient (Wildman–Crippen LogP) is 4.09. The van der Waals surface area contributed by atoms with Crippen molar-refractivity contribution in [1.82, 2.24) is 19.8 Å². The number of benzene rings is 1. The molecule has 0 spiro atoms. The molecule has 3 heterocycles. The maximum absolute atomic E-state index is 13.3. The van der Waals surface area contributed by atoms with Crippen molar-refractivity contribution in [3.05, 3.63) is 57.0 Å². The van der Waals surface area contributed by atoms with Crippen molar-refractivity contribution in [1.29, 1.82) is 0 Å². The van der Waals surface area contributed by atoms with Gasteiger partial charge in [0.15, 0.2) is 0 Å². The second-order valence-corrected chi connectivity index (χ2v) is 9.70. The number of piperazine rings is 1. The lowest BCUT2D eigenvalue weighted by Crippen LogP contribution is -2.61. The minimum Gasteiger partial charge on any atom is -0.383 e. The van der Waals surface area contributed by atoms with E-state index >= 15 is 0 Å². The van der Waals surface area contributed by atoms with Gasteiger partial charge in [-0.3, -0.25) is 9.59 Å². The molecule has 0 radical (unpaired) electrons. The Morgan fingerprint density at radius 1 is 1.34 bits per heavy atom. The molecule has 0 saturated carbocycles. The summed E-state index contributed by atoms with van der Waals surface area (Å²) in [5.41, 5.74) is 7.63. The molecule has 1 aliphatic rings. The highest BCUT2D eigenvalue weighted by atomic mass is 79.9. The summed E-state index contributed by atoms with van der Waals surface area (Å²) in [6, 6.07) is 7.15. The first-order chi connectivity index (χ1) is 15.4. The summed E-state index contributed by atoms with van der Waals surface area (Å²) in [5, 5.41) is 2.76. The molecule has 0 bridgehead atoms. The van der Waals surface area contributed by atoms with Crippen molar-refractivity contribution >= 4 is 61.9 Å². The molecule has 2 N–H and O–H groups in total. The van der Waals surface area contributed by atoms with E-state index in [0.717, 1.165) is 25.8 Å². The van der Waals surface area contributed by atoms with Crippen LogP contribution < -0.4 is 5.73 Å². The Balaban J connectivity index is 1.51. The molecule has 4 rings (SSSR count). The third kappa shape index (κ3) is 4.54. The molecule has 9 heteroatoms. The van der Waals surface area contributed by atoms with Crippen LogP contribution in [0.1, 0.15) is 30.7 Å². The van der Waals surface area contributed by atoms with E-state index in [-0.39, 0.29) is 17.9 Å². The molecule has 1 unspecified atom stereocenters. The number of fused-ring (bicyclic) bond motifs is 1. The van der Waals surface area contributed by atoms with E-state index in [9.17, 15) is 9.59 Å². The average Bonchev–Trinajstić information content (AvgIpc) is 3.20. The molecule has 1 aliphatic heterocycles. The van der Waals surface area contributed by atoms with E-state index in [1.807, 2.05) is 48.4 Å². The van der Waals surface area contributed by atoms with Gasteiger partial charge in [0.25, 0.3) is 0 Å². The fourth-order valence-electron chi connectivity index (χ4n) is 4.01. The van der Waals surface area contributed by atoms with Gasteiger partial charge in [0.2, 0.25) is 11.8 Å². The lowest BCUT2D eigenvalue weighted by atomic mass is 10.0. The van der Waals surface area contributed by atoms with Gasteiger partial charge < -0.3 is 15.5 Å². The van der Waals surface area contributed by atoms with Gasteiger partial charge in [-0.05, 0) is 59.1 Å². The van der Waals surface area contributed by atoms with Crippen molar-refractivity contribution in [3.63, 3.8) is 0 Å². The van der Waals surface area contributed by atoms with Crippen LogP contribution in [0.3, 0.4) is 0 Å². The number of nitrogens with two attached hydrogens (primary N) is 1. The maximum atomic E-state index is 13.3. The summed E-state index contributed by atoms with van der Waals surface area (Å²) in [5.74, 6) is 0.264. The zero-order valence-corrected chi connectivity index (χ0v) is 20.3. The summed E-state index contributed by atoms with van der Waals surface area (Å²) in [6.45, 7) is 4.86. The third-order valence-corrected chi connectivity index (χ3v) is 7.33. The fourth-order valence-corrected chi connectivity index (χ4v) is 5.34. The summed E-state index contributed by atoms with van der Waals surface area (Å²) < 4.78 is 0.987. The van der Waals surface area contributed by atoms with E-state index in [1.54, 1.807) is 28.4 Å². The Morgan fingerprint density at radius 2 is 2.16 bits per heavy atom. The summed E-state index contributed by atoms with van der Waals surface area (Å²) in [4.78, 5) is 39.1. The number of nitrogen functional groups attached to an aromatic ring is 1. The van der Waals surface area contributed by atoms with Gasteiger partial charge in [-0.15, -0.1) is 11.3 Å². The Kier molecular flexibility index (Phi) is 6.57. The molecule has 166 valence electrons. The summed E-state index contributed by atoms with van der Waals surface area (Å²) in [6.07, 6.45) is 5.36. The number of nitrogens with zero attached hydrogens (tertiary/aromatic N) is 4. The van der Waals surface area contributed by atoms with E-state index in [1.165, 1.54) is 6.33 Å². The Hall–Kier alpha value is -2.78. The minimum atomic E-state index is -0.475. The smallest absolute Gasteiger partial charge is 0.247 e. The normalized spacial score (nSPS) is 19.3. The molecule has 2 amide bonds. The van der Waals surface area contributed by atoms with E-state index in [2.05, 4.69) is 25.9 Å². The monoisotopic (exact) mass is 513 g/mol. The van der Waals surface area contributed by atoms with Crippen LogP contribution >= 0.6 is 27.3 Å². The van der Waals surface area contributed by atoms with Crippen molar-refractivity contribution in [2.75, 3.05) is 12.3 Å². The second-order valence-electron chi connectivity index (χ2n) is 7.84. The number of hydrogen-bond donors (Lipinski definition) is 1. The first-order valence-electron chi connectivity index (χ1n) is 10.4. The van der Waals surface area contributed by atoms with Gasteiger partial charge in [0, 0.05) is 45.3 Å². The first-order valence-corrected chi connectivity index (χ1v) is 12.1.